The van der Waals surface area contributed by atoms with Gasteiger partial charge in [-0.3, -0.25) is 0 Å². The normalized spacial score (nSPS) is 7.75. The molecule has 1 N–H and O–H groups in total. The Bertz CT molecular complexity index is 303. The smallest absolute Gasteiger partial charge is 0.345 e. The lowest BCUT2D eigenvalue weighted by atomic mass is 10.5. The highest BCUT2D eigenvalue weighted by atomic mass is 35.5. The zero-order valence-electron chi connectivity index (χ0n) is 6.24. The quantitative estimate of drug-likeness (QED) is 0.763. The monoisotopic (exact) mass is 203 g/mol. The second kappa shape index (κ2) is 5.58. The number of rotatable bonds is 1. The molecule has 0 aliphatic carbocycles. The summed E-state index contributed by atoms with van der Waals surface area (Å²) in [5.74, 6) is -0.924. The van der Waals surface area contributed by atoms with E-state index in [4.69, 9.17) is 22.0 Å². The van der Waals surface area contributed by atoms with Crippen molar-refractivity contribution in [2.24, 2.45) is 0 Å². The van der Waals surface area contributed by atoms with Gasteiger partial charge in [0.1, 0.15) is 4.88 Å². The van der Waals surface area contributed by atoms with E-state index in [-0.39, 0.29) is 4.88 Å². The Morgan fingerprint density at radius 2 is 2.25 bits per heavy atom. The predicted octanol–water partition coefficient (Wildman–Crippen LogP) is 2.63. The van der Waals surface area contributed by atoms with Crippen molar-refractivity contribution < 1.29 is 9.90 Å². The van der Waals surface area contributed by atoms with E-state index in [1.54, 1.807) is 12.1 Å². The van der Waals surface area contributed by atoms with Gasteiger partial charge in [0.15, 0.2) is 0 Å². The Morgan fingerprint density at radius 1 is 1.75 bits per heavy atom. The Morgan fingerprint density at radius 3 is 2.42 bits per heavy atom. The van der Waals surface area contributed by atoms with E-state index in [0.29, 0.717) is 4.34 Å². The van der Waals surface area contributed by atoms with E-state index < -0.39 is 5.97 Å². The molecule has 1 rings (SSSR count). The first-order valence-electron chi connectivity index (χ1n) is 2.91. The minimum absolute atomic E-state index is 0.278. The highest BCUT2D eigenvalue weighted by Crippen LogP contribution is 2.20. The number of halogens is 1. The van der Waals surface area contributed by atoms with Gasteiger partial charge in [-0.05, 0) is 12.1 Å². The number of carbonyl (C=O) groups is 1. The lowest BCUT2D eigenvalue weighted by molar-refractivity contribution is 0.0702. The first kappa shape index (κ1) is 10.9. The second-order valence-electron chi connectivity index (χ2n) is 1.63. The lowest BCUT2D eigenvalue weighted by Gasteiger charge is -1.79. The Hall–Kier alpha value is -1.05. The van der Waals surface area contributed by atoms with Crippen LogP contribution in [0, 0.1) is 11.3 Å². The van der Waals surface area contributed by atoms with Crippen LogP contribution in [-0.4, -0.2) is 11.1 Å². The zero-order chi connectivity index (χ0) is 9.56. The van der Waals surface area contributed by atoms with Crippen molar-refractivity contribution in [2.75, 3.05) is 0 Å². The molecule has 0 aromatic carbocycles. The Kier molecular flexibility index (Phi) is 5.09. The van der Waals surface area contributed by atoms with Crippen molar-refractivity contribution in [1.29, 1.82) is 5.26 Å². The fraction of sp³-hybridized carbons (Fsp3) is 0.143. The van der Waals surface area contributed by atoms with Crippen LogP contribution >= 0.6 is 22.9 Å². The number of nitrogens with zero attached hydrogens (tertiary/aromatic N) is 1. The second-order valence-corrected chi connectivity index (χ2v) is 3.35. The topological polar surface area (TPSA) is 61.1 Å². The number of hydrogen-bond acceptors (Lipinski definition) is 3. The molecular formula is C7H6ClNO2S. The average Bonchev–Trinajstić information content (AvgIpc) is 2.37. The molecule has 1 aromatic heterocycles. The largest absolute Gasteiger partial charge is 0.477 e. The summed E-state index contributed by atoms with van der Waals surface area (Å²) in [6, 6.07) is 4.80. The average molecular weight is 204 g/mol. The SMILES string of the molecule is CC#N.O=C(O)c1ccc(Cl)s1. The molecule has 3 nitrogen and oxygen atoms in total. The predicted molar refractivity (Wildman–Crippen MR) is 47.6 cm³/mol. The highest BCUT2D eigenvalue weighted by molar-refractivity contribution is 7.17. The van der Waals surface area contributed by atoms with Crippen LogP contribution in [0.4, 0.5) is 0 Å². The molecule has 1 heterocycles. The standard InChI is InChI=1S/C5H3ClO2S.C2H3N/c6-4-2-1-3(9-4)5(7)8;1-2-3/h1-2H,(H,7,8);1H3. The van der Waals surface area contributed by atoms with Gasteiger partial charge in [0, 0.05) is 6.92 Å². The van der Waals surface area contributed by atoms with E-state index in [1.807, 2.05) is 0 Å². The molecule has 0 aliphatic heterocycles. The Balaban J connectivity index is 0.000000354. The van der Waals surface area contributed by atoms with Crippen LogP contribution in [0.3, 0.4) is 0 Å². The van der Waals surface area contributed by atoms with Crippen LogP contribution in [0.2, 0.25) is 4.34 Å². The molecule has 0 saturated heterocycles. The van der Waals surface area contributed by atoms with Gasteiger partial charge in [-0.15, -0.1) is 11.3 Å². The van der Waals surface area contributed by atoms with Crippen LogP contribution in [0.25, 0.3) is 0 Å². The minimum Gasteiger partial charge on any atom is -0.477 e. The third-order valence-electron chi connectivity index (χ3n) is 0.784. The summed E-state index contributed by atoms with van der Waals surface area (Å²) in [4.78, 5) is 10.4. The van der Waals surface area contributed by atoms with Crippen molar-refractivity contribution in [1.82, 2.24) is 0 Å². The van der Waals surface area contributed by atoms with Crippen molar-refractivity contribution >= 4 is 28.9 Å². The Labute approximate surface area is 78.8 Å². The zero-order valence-corrected chi connectivity index (χ0v) is 7.82. The van der Waals surface area contributed by atoms with Crippen LogP contribution < -0.4 is 0 Å². The van der Waals surface area contributed by atoms with Crippen LogP contribution in [-0.2, 0) is 0 Å². The van der Waals surface area contributed by atoms with Crippen molar-refractivity contribution in [3.63, 3.8) is 0 Å². The van der Waals surface area contributed by atoms with Gasteiger partial charge >= 0.3 is 5.97 Å². The molecule has 0 aliphatic rings. The lowest BCUT2D eigenvalue weighted by Crippen LogP contribution is -1.89. The molecular weight excluding hydrogens is 198 g/mol. The van der Waals surface area contributed by atoms with E-state index in [9.17, 15) is 4.79 Å². The summed E-state index contributed by atoms with van der Waals surface area (Å²) in [6.07, 6.45) is 0. The van der Waals surface area contributed by atoms with Gasteiger partial charge in [-0.2, -0.15) is 5.26 Å². The summed E-state index contributed by atoms with van der Waals surface area (Å²) in [5.41, 5.74) is 0. The van der Waals surface area contributed by atoms with Crippen molar-refractivity contribution in [3.05, 3.63) is 21.3 Å². The third-order valence-corrected chi connectivity index (χ3v) is 2.00. The summed E-state index contributed by atoms with van der Waals surface area (Å²) in [6.45, 7) is 1.43. The molecule has 64 valence electrons. The molecule has 0 saturated carbocycles. The van der Waals surface area contributed by atoms with Crippen molar-refractivity contribution in [2.45, 2.75) is 6.92 Å². The third kappa shape index (κ3) is 3.96. The van der Waals surface area contributed by atoms with Gasteiger partial charge in [-0.25, -0.2) is 4.79 Å². The molecule has 0 fully saturated rings. The number of carboxylic acids is 1. The number of thiophene rings is 1. The van der Waals surface area contributed by atoms with Gasteiger partial charge in [-0.1, -0.05) is 11.6 Å². The van der Waals surface area contributed by atoms with Gasteiger partial charge in [0.25, 0.3) is 0 Å². The fourth-order valence-corrected chi connectivity index (χ4v) is 1.31. The number of hydrogen-bond donors (Lipinski definition) is 1. The van der Waals surface area contributed by atoms with Gasteiger partial charge in [0.2, 0.25) is 0 Å². The number of carboxylic acid groups (broad SMARTS) is 1. The van der Waals surface area contributed by atoms with Crippen LogP contribution in [0.15, 0.2) is 12.1 Å². The van der Waals surface area contributed by atoms with Crippen LogP contribution in [0.5, 0.6) is 0 Å². The fourth-order valence-electron chi connectivity index (χ4n) is 0.429. The summed E-state index contributed by atoms with van der Waals surface area (Å²) in [7, 11) is 0. The minimum atomic E-state index is -0.924. The van der Waals surface area contributed by atoms with E-state index >= 15 is 0 Å². The molecule has 0 bridgehead atoms. The maximum atomic E-state index is 10.2. The molecule has 0 unspecified atom stereocenters. The maximum absolute atomic E-state index is 10.2. The van der Waals surface area contributed by atoms with E-state index in [1.165, 1.54) is 13.0 Å². The highest BCUT2D eigenvalue weighted by Gasteiger charge is 2.03. The van der Waals surface area contributed by atoms with Crippen molar-refractivity contribution in [3.8, 4) is 6.07 Å². The molecule has 0 radical (unpaired) electrons. The van der Waals surface area contributed by atoms with Crippen LogP contribution in [0.1, 0.15) is 16.6 Å². The molecule has 0 atom stereocenters. The summed E-state index contributed by atoms with van der Waals surface area (Å²) < 4.78 is 0.507. The molecule has 0 spiro atoms. The first-order valence-corrected chi connectivity index (χ1v) is 4.10. The first-order chi connectivity index (χ1) is 5.61. The van der Waals surface area contributed by atoms with E-state index in [2.05, 4.69) is 0 Å². The van der Waals surface area contributed by atoms with Gasteiger partial charge in [0.05, 0.1) is 10.4 Å². The number of aromatic carboxylic acids is 1. The molecule has 1 aromatic rings. The molecule has 12 heavy (non-hydrogen) atoms. The number of nitriles is 1. The summed E-state index contributed by atoms with van der Waals surface area (Å²) >= 11 is 6.52. The summed E-state index contributed by atoms with van der Waals surface area (Å²) in [5, 5.41) is 15.7. The molecule has 5 heteroatoms. The molecule has 0 amide bonds. The van der Waals surface area contributed by atoms with Gasteiger partial charge < -0.3 is 5.11 Å². The maximum Gasteiger partial charge on any atom is 0.345 e. The van der Waals surface area contributed by atoms with E-state index in [0.717, 1.165) is 11.3 Å².